The van der Waals surface area contributed by atoms with Crippen LogP contribution in [-0.2, 0) is 0 Å². The molecule has 1 aromatic heterocycles. The summed E-state index contributed by atoms with van der Waals surface area (Å²) in [7, 11) is 4.03. The van der Waals surface area contributed by atoms with E-state index in [9.17, 15) is 0 Å². The van der Waals surface area contributed by atoms with Crippen molar-refractivity contribution in [3.8, 4) is 0 Å². The highest BCUT2D eigenvalue weighted by Gasteiger charge is 2.23. The van der Waals surface area contributed by atoms with Crippen molar-refractivity contribution in [2.24, 2.45) is 5.73 Å². The highest BCUT2D eigenvalue weighted by atomic mass is 15.2. The van der Waals surface area contributed by atoms with Gasteiger partial charge in [0.25, 0.3) is 0 Å². The first-order chi connectivity index (χ1) is 9.11. The van der Waals surface area contributed by atoms with Crippen LogP contribution in [0, 0.1) is 6.92 Å². The zero-order valence-corrected chi connectivity index (χ0v) is 12.3. The number of aromatic nitrogens is 2. The number of nitrogens with two attached hydrogens (primary N) is 1. The van der Waals surface area contributed by atoms with Gasteiger partial charge in [-0.05, 0) is 39.2 Å². The van der Waals surface area contributed by atoms with Crippen LogP contribution in [0.3, 0.4) is 0 Å². The van der Waals surface area contributed by atoms with Crippen LogP contribution in [0.2, 0.25) is 0 Å². The third-order valence-electron chi connectivity index (χ3n) is 3.69. The van der Waals surface area contributed by atoms with Crippen molar-refractivity contribution in [1.29, 1.82) is 0 Å². The maximum atomic E-state index is 5.74. The molecule has 19 heavy (non-hydrogen) atoms. The molecule has 0 saturated carbocycles. The molecule has 0 amide bonds. The third kappa shape index (κ3) is 3.35. The number of piperidine rings is 1. The van der Waals surface area contributed by atoms with Gasteiger partial charge in [0.15, 0.2) is 0 Å². The lowest BCUT2D eigenvalue weighted by Gasteiger charge is -2.37. The van der Waals surface area contributed by atoms with Crippen LogP contribution < -0.4 is 15.5 Å². The molecule has 2 heterocycles. The molecule has 0 aliphatic carbocycles. The summed E-state index contributed by atoms with van der Waals surface area (Å²) in [5, 5.41) is 0. The Hall–Kier alpha value is -1.36. The quantitative estimate of drug-likeness (QED) is 0.893. The standard InChI is InChI=1S/C14H25N5/c1-11-16-13(18(2)3)10-14(17-11)19-9-5-4-6-12(19)7-8-15/h10,12H,4-9,15H2,1-3H3. The van der Waals surface area contributed by atoms with Gasteiger partial charge in [0.05, 0.1) is 0 Å². The predicted octanol–water partition coefficient (Wildman–Crippen LogP) is 1.56. The largest absolute Gasteiger partial charge is 0.363 e. The zero-order chi connectivity index (χ0) is 13.8. The number of nitrogens with zero attached hydrogens (tertiary/aromatic N) is 4. The topological polar surface area (TPSA) is 58.3 Å². The maximum Gasteiger partial charge on any atom is 0.134 e. The number of anilines is 2. The van der Waals surface area contributed by atoms with E-state index < -0.39 is 0 Å². The average Bonchev–Trinajstić information content (AvgIpc) is 2.39. The molecule has 1 unspecified atom stereocenters. The van der Waals surface area contributed by atoms with Crippen LogP contribution in [-0.4, -0.2) is 43.2 Å². The van der Waals surface area contributed by atoms with Crippen LogP contribution in [0.4, 0.5) is 11.6 Å². The molecule has 2 N–H and O–H groups in total. The van der Waals surface area contributed by atoms with E-state index >= 15 is 0 Å². The van der Waals surface area contributed by atoms with Crippen molar-refractivity contribution in [1.82, 2.24) is 9.97 Å². The van der Waals surface area contributed by atoms with Crippen molar-refractivity contribution in [3.05, 3.63) is 11.9 Å². The molecule has 1 saturated heterocycles. The van der Waals surface area contributed by atoms with Crippen LogP contribution in [0.25, 0.3) is 0 Å². The fourth-order valence-electron chi connectivity index (χ4n) is 2.71. The Kier molecular flexibility index (Phi) is 4.58. The van der Waals surface area contributed by atoms with Gasteiger partial charge in [-0.15, -0.1) is 0 Å². The van der Waals surface area contributed by atoms with E-state index in [1.165, 1.54) is 19.3 Å². The van der Waals surface area contributed by atoms with Crippen molar-refractivity contribution >= 4 is 11.6 Å². The smallest absolute Gasteiger partial charge is 0.134 e. The first-order valence-electron chi connectivity index (χ1n) is 7.11. The summed E-state index contributed by atoms with van der Waals surface area (Å²) in [6, 6.07) is 2.62. The highest BCUT2D eigenvalue weighted by Crippen LogP contribution is 2.26. The lowest BCUT2D eigenvalue weighted by atomic mass is 9.99. The molecular weight excluding hydrogens is 238 g/mol. The maximum absolute atomic E-state index is 5.74. The Labute approximate surface area is 115 Å². The lowest BCUT2D eigenvalue weighted by molar-refractivity contribution is 0.438. The zero-order valence-electron chi connectivity index (χ0n) is 12.3. The number of hydrogen-bond donors (Lipinski definition) is 1. The number of rotatable bonds is 4. The Morgan fingerprint density at radius 1 is 1.37 bits per heavy atom. The normalized spacial score (nSPS) is 19.6. The van der Waals surface area contributed by atoms with E-state index in [1.54, 1.807) is 0 Å². The summed E-state index contributed by atoms with van der Waals surface area (Å²) in [4.78, 5) is 13.5. The van der Waals surface area contributed by atoms with Gasteiger partial charge in [0.1, 0.15) is 17.5 Å². The van der Waals surface area contributed by atoms with Gasteiger partial charge < -0.3 is 15.5 Å². The van der Waals surface area contributed by atoms with E-state index in [-0.39, 0.29) is 0 Å². The van der Waals surface area contributed by atoms with Crippen LogP contribution >= 0.6 is 0 Å². The lowest BCUT2D eigenvalue weighted by Crippen LogP contribution is -2.41. The minimum Gasteiger partial charge on any atom is -0.363 e. The Bertz CT molecular complexity index is 416. The number of aryl methyl sites for hydroxylation is 1. The molecule has 1 atom stereocenters. The second kappa shape index (κ2) is 6.19. The van der Waals surface area contributed by atoms with Gasteiger partial charge in [0, 0.05) is 32.7 Å². The minimum absolute atomic E-state index is 0.531. The van der Waals surface area contributed by atoms with Crippen LogP contribution in [0.5, 0.6) is 0 Å². The Balaban J connectivity index is 2.27. The van der Waals surface area contributed by atoms with Crippen LogP contribution in [0.15, 0.2) is 6.07 Å². The SMILES string of the molecule is Cc1nc(N(C)C)cc(N2CCCCC2CCN)n1. The first kappa shape index (κ1) is 14.1. The summed E-state index contributed by atoms with van der Waals surface area (Å²) >= 11 is 0. The van der Waals surface area contributed by atoms with E-state index in [1.807, 2.05) is 25.9 Å². The third-order valence-corrected chi connectivity index (χ3v) is 3.69. The summed E-state index contributed by atoms with van der Waals surface area (Å²) in [5.74, 6) is 2.85. The van der Waals surface area contributed by atoms with Gasteiger partial charge in [-0.25, -0.2) is 9.97 Å². The van der Waals surface area contributed by atoms with Gasteiger partial charge in [0.2, 0.25) is 0 Å². The molecule has 0 bridgehead atoms. The summed E-state index contributed by atoms with van der Waals surface area (Å²) in [5.41, 5.74) is 5.74. The molecule has 5 heteroatoms. The summed E-state index contributed by atoms with van der Waals surface area (Å²) in [6.07, 6.45) is 4.80. The van der Waals surface area contributed by atoms with Gasteiger partial charge in [-0.3, -0.25) is 0 Å². The molecule has 2 rings (SSSR count). The Morgan fingerprint density at radius 3 is 2.84 bits per heavy atom. The fraction of sp³-hybridized carbons (Fsp3) is 0.714. The summed E-state index contributed by atoms with van der Waals surface area (Å²) < 4.78 is 0. The van der Waals surface area contributed by atoms with Crippen molar-refractivity contribution in [2.75, 3.05) is 37.0 Å². The molecule has 0 spiro atoms. The molecule has 1 aliphatic rings. The van der Waals surface area contributed by atoms with Crippen molar-refractivity contribution in [2.45, 2.75) is 38.6 Å². The minimum atomic E-state index is 0.531. The van der Waals surface area contributed by atoms with Crippen molar-refractivity contribution in [3.63, 3.8) is 0 Å². The van der Waals surface area contributed by atoms with E-state index in [2.05, 4.69) is 20.9 Å². The van der Waals surface area contributed by atoms with Gasteiger partial charge in [-0.1, -0.05) is 0 Å². The fourth-order valence-corrected chi connectivity index (χ4v) is 2.71. The highest BCUT2D eigenvalue weighted by molar-refractivity contribution is 5.51. The first-order valence-corrected chi connectivity index (χ1v) is 7.11. The monoisotopic (exact) mass is 263 g/mol. The molecule has 5 nitrogen and oxygen atoms in total. The second-order valence-electron chi connectivity index (χ2n) is 5.45. The van der Waals surface area contributed by atoms with Crippen LogP contribution in [0.1, 0.15) is 31.5 Å². The van der Waals surface area contributed by atoms with E-state index in [0.717, 1.165) is 37.0 Å². The average molecular weight is 263 g/mol. The molecule has 1 aliphatic heterocycles. The van der Waals surface area contributed by atoms with Crippen molar-refractivity contribution < 1.29 is 0 Å². The Morgan fingerprint density at radius 2 is 2.16 bits per heavy atom. The van der Waals surface area contributed by atoms with E-state index in [4.69, 9.17) is 5.73 Å². The molecule has 0 radical (unpaired) electrons. The molecule has 106 valence electrons. The molecular formula is C14H25N5. The van der Waals surface area contributed by atoms with E-state index in [0.29, 0.717) is 6.04 Å². The molecule has 1 fully saturated rings. The second-order valence-corrected chi connectivity index (χ2v) is 5.45. The summed E-state index contributed by atoms with van der Waals surface area (Å²) in [6.45, 7) is 3.78. The van der Waals surface area contributed by atoms with Gasteiger partial charge in [-0.2, -0.15) is 0 Å². The molecule has 1 aromatic rings. The number of hydrogen-bond acceptors (Lipinski definition) is 5. The molecule has 0 aromatic carbocycles. The van der Waals surface area contributed by atoms with Gasteiger partial charge >= 0.3 is 0 Å². The predicted molar refractivity (Wildman–Crippen MR) is 79.8 cm³/mol.